The molecular weight excluding hydrogens is 386 g/mol. The molecule has 0 radical (unpaired) electrons. The summed E-state index contributed by atoms with van der Waals surface area (Å²) in [7, 11) is 0. The first-order valence-electron chi connectivity index (χ1n) is 7.65. The van der Waals surface area contributed by atoms with Crippen LogP contribution in [0, 0.1) is 0 Å². The zero-order valence-electron chi connectivity index (χ0n) is 13.0. The van der Waals surface area contributed by atoms with E-state index >= 15 is 0 Å². The molecule has 0 spiro atoms. The number of hydrogen-bond donors (Lipinski definition) is 1. The van der Waals surface area contributed by atoms with Gasteiger partial charge in [-0.2, -0.15) is 0 Å². The van der Waals surface area contributed by atoms with Crippen LogP contribution in [0.5, 0.6) is 5.75 Å². The minimum atomic E-state index is 0.557. The van der Waals surface area contributed by atoms with Gasteiger partial charge < -0.3 is 10.1 Å². The molecule has 0 aromatic heterocycles. The molecule has 0 saturated heterocycles. The van der Waals surface area contributed by atoms with Gasteiger partial charge in [0.05, 0.1) is 0 Å². The van der Waals surface area contributed by atoms with Crippen LogP contribution in [0.2, 0.25) is 5.02 Å². The lowest BCUT2D eigenvalue weighted by Crippen LogP contribution is -2.00. The molecule has 0 unspecified atom stereocenters. The molecule has 0 aliphatic rings. The number of ether oxygens (including phenoxy) is 1. The van der Waals surface area contributed by atoms with Crippen LogP contribution < -0.4 is 10.1 Å². The van der Waals surface area contributed by atoms with Crippen LogP contribution in [-0.2, 0) is 13.2 Å². The quantitative estimate of drug-likeness (QED) is 0.523. The molecule has 122 valence electrons. The van der Waals surface area contributed by atoms with E-state index in [-0.39, 0.29) is 0 Å². The number of hydrogen-bond acceptors (Lipinski definition) is 2. The summed E-state index contributed by atoms with van der Waals surface area (Å²) >= 11 is 9.33. The standard InChI is InChI=1S/C20H17BrClNO/c21-17-6-4-15(5-7-17)14-24-20-3-1-2-16(12-20)13-23-19-10-8-18(22)9-11-19/h1-12,23H,13-14H2. The Labute approximate surface area is 155 Å². The summed E-state index contributed by atoms with van der Waals surface area (Å²) in [6.45, 7) is 1.29. The molecule has 3 rings (SSSR count). The Morgan fingerprint density at radius 2 is 1.62 bits per heavy atom. The van der Waals surface area contributed by atoms with Gasteiger partial charge in [-0.15, -0.1) is 0 Å². The Hall–Kier alpha value is -1.97. The van der Waals surface area contributed by atoms with Crippen LogP contribution >= 0.6 is 27.5 Å². The summed E-state index contributed by atoms with van der Waals surface area (Å²) in [6.07, 6.45) is 0. The second kappa shape index (κ2) is 8.22. The molecule has 2 nitrogen and oxygen atoms in total. The molecule has 0 amide bonds. The highest BCUT2D eigenvalue weighted by atomic mass is 79.9. The number of halogens is 2. The maximum atomic E-state index is 5.90. The molecule has 3 aromatic rings. The van der Waals surface area contributed by atoms with E-state index in [4.69, 9.17) is 16.3 Å². The second-order valence-corrected chi connectivity index (χ2v) is 6.78. The lowest BCUT2D eigenvalue weighted by atomic mass is 10.2. The molecule has 0 bridgehead atoms. The first-order valence-corrected chi connectivity index (χ1v) is 8.82. The maximum absolute atomic E-state index is 5.90. The Kier molecular flexibility index (Phi) is 5.78. The molecule has 0 aliphatic heterocycles. The van der Waals surface area contributed by atoms with Gasteiger partial charge >= 0.3 is 0 Å². The van der Waals surface area contributed by atoms with Gasteiger partial charge in [-0.25, -0.2) is 0 Å². The molecule has 3 aromatic carbocycles. The Bertz CT molecular complexity index is 723. The topological polar surface area (TPSA) is 21.3 Å². The lowest BCUT2D eigenvalue weighted by Gasteiger charge is -2.10. The lowest BCUT2D eigenvalue weighted by molar-refractivity contribution is 0.306. The van der Waals surface area contributed by atoms with Crippen LogP contribution in [-0.4, -0.2) is 0 Å². The molecular formula is C20H17BrClNO. The third-order valence-corrected chi connectivity index (χ3v) is 4.34. The Balaban J connectivity index is 1.57. The predicted molar refractivity (Wildman–Crippen MR) is 104 cm³/mol. The van der Waals surface area contributed by atoms with Gasteiger partial charge in [0.2, 0.25) is 0 Å². The number of anilines is 1. The summed E-state index contributed by atoms with van der Waals surface area (Å²) in [5.41, 5.74) is 3.35. The molecule has 0 atom stereocenters. The SMILES string of the molecule is Clc1ccc(NCc2cccc(OCc3ccc(Br)cc3)c2)cc1. The van der Waals surface area contributed by atoms with Gasteiger partial charge in [0, 0.05) is 21.7 Å². The summed E-state index contributed by atoms with van der Waals surface area (Å²) in [4.78, 5) is 0. The van der Waals surface area contributed by atoms with Gasteiger partial charge in [0.15, 0.2) is 0 Å². The second-order valence-electron chi connectivity index (χ2n) is 5.42. The average Bonchev–Trinajstić information content (AvgIpc) is 2.61. The Morgan fingerprint density at radius 1 is 0.875 bits per heavy atom. The molecule has 0 heterocycles. The highest BCUT2D eigenvalue weighted by Crippen LogP contribution is 2.18. The van der Waals surface area contributed by atoms with Gasteiger partial charge in [0.25, 0.3) is 0 Å². The van der Waals surface area contributed by atoms with Crippen molar-refractivity contribution in [2.75, 3.05) is 5.32 Å². The van der Waals surface area contributed by atoms with Crippen LogP contribution in [0.25, 0.3) is 0 Å². The van der Waals surface area contributed by atoms with Crippen molar-refractivity contribution in [1.82, 2.24) is 0 Å². The van der Waals surface area contributed by atoms with Gasteiger partial charge in [-0.1, -0.05) is 51.8 Å². The molecule has 1 N–H and O–H groups in total. The third kappa shape index (κ3) is 5.02. The summed E-state index contributed by atoms with van der Waals surface area (Å²) in [5, 5.41) is 4.12. The molecule has 24 heavy (non-hydrogen) atoms. The van der Waals surface area contributed by atoms with Crippen molar-refractivity contribution in [2.24, 2.45) is 0 Å². The van der Waals surface area contributed by atoms with Gasteiger partial charge in [-0.05, 0) is 59.7 Å². The van der Waals surface area contributed by atoms with Crippen molar-refractivity contribution in [3.63, 3.8) is 0 Å². The number of benzene rings is 3. The zero-order valence-corrected chi connectivity index (χ0v) is 15.3. The van der Waals surface area contributed by atoms with Crippen molar-refractivity contribution in [3.05, 3.63) is 93.4 Å². The first kappa shape index (κ1) is 16.9. The van der Waals surface area contributed by atoms with Crippen LogP contribution in [0.15, 0.2) is 77.3 Å². The average molecular weight is 403 g/mol. The van der Waals surface area contributed by atoms with E-state index in [1.165, 1.54) is 5.56 Å². The van der Waals surface area contributed by atoms with E-state index in [0.717, 1.165) is 33.0 Å². The zero-order chi connectivity index (χ0) is 16.8. The number of nitrogens with one attached hydrogen (secondary N) is 1. The molecule has 4 heteroatoms. The van der Waals surface area contributed by atoms with Crippen molar-refractivity contribution >= 4 is 33.2 Å². The minimum Gasteiger partial charge on any atom is -0.489 e. The normalized spacial score (nSPS) is 10.4. The largest absolute Gasteiger partial charge is 0.489 e. The predicted octanol–water partition coefficient (Wildman–Crippen LogP) is 6.29. The summed E-state index contributed by atoms with van der Waals surface area (Å²) < 4.78 is 6.95. The third-order valence-electron chi connectivity index (χ3n) is 3.56. The summed E-state index contributed by atoms with van der Waals surface area (Å²) in [6, 6.07) is 24.0. The van der Waals surface area contributed by atoms with Crippen LogP contribution in [0.4, 0.5) is 5.69 Å². The van der Waals surface area contributed by atoms with E-state index in [0.29, 0.717) is 6.61 Å². The van der Waals surface area contributed by atoms with Crippen molar-refractivity contribution in [1.29, 1.82) is 0 Å². The van der Waals surface area contributed by atoms with E-state index in [2.05, 4.69) is 45.5 Å². The summed E-state index contributed by atoms with van der Waals surface area (Å²) in [5.74, 6) is 0.869. The maximum Gasteiger partial charge on any atom is 0.120 e. The monoisotopic (exact) mass is 401 g/mol. The first-order chi connectivity index (χ1) is 11.7. The molecule has 0 saturated carbocycles. The molecule has 0 fully saturated rings. The minimum absolute atomic E-state index is 0.557. The Morgan fingerprint density at radius 3 is 2.38 bits per heavy atom. The van der Waals surface area contributed by atoms with Crippen LogP contribution in [0.1, 0.15) is 11.1 Å². The van der Waals surface area contributed by atoms with Crippen molar-refractivity contribution < 1.29 is 4.74 Å². The van der Waals surface area contributed by atoms with Gasteiger partial charge in [0.1, 0.15) is 12.4 Å². The van der Waals surface area contributed by atoms with E-state index < -0.39 is 0 Å². The number of rotatable bonds is 6. The molecule has 0 aliphatic carbocycles. The van der Waals surface area contributed by atoms with E-state index in [1.807, 2.05) is 48.5 Å². The fourth-order valence-electron chi connectivity index (χ4n) is 2.26. The van der Waals surface area contributed by atoms with Gasteiger partial charge in [-0.3, -0.25) is 0 Å². The highest BCUT2D eigenvalue weighted by molar-refractivity contribution is 9.10. The van der Waals surface area contributed by atoms with Crippen molar-refractivity contribution in [2.45, 2.75) is 13.2 Å². The fraction of sp³-hybridized carbons (Fsp3) is 0.100. The van der Waals surface area contributed by atoms with Crippen molar-refractivity contribution in [3.8, 4) is 5.75 Å². The van der Waals surface area contributed by atoms with E-state index in [1.54, 1.807) is 0 Å². The van der Waals surface area contributed by atoms with E-state index in [9.17, 15) is 0 Å². The highest BCUT2D eigenvalue weighted by Gasteiger charge is 2.00. The van der Waals surface area contributed by atoms with Crippen LogP contribution in [0.3, 0.4) is 0 Å². The fourth-order valence-corrected chi connectivity index (χ4v) is 2.65. The smallest absolute Gasteiger partial charge is 0.120 e.